The highest BCUT2D eigenvalue weighted by atomic mass is 79.9. The molecule has 8 nitrogen and oxygen atoms in total. The average molecular weight is 548 g/mol. The monoisotopic (exact) mass is 546 g/mol. The lowest BCUT2D eigenvalue weighted by molar-refractivity contribution is -0.145. The van der Waals surface area contributed by atoms with Gasteiger partial charge in [0.1, 0.15) is 6.04 Å². The molecule has 0 radical (unpaired) electrons. The lowest BCUT2D eigenvalue weighted by Gasteiger charge is -2.39. The van der Waals surface area contributed by atoms with Crippen molar-refractivity contribution in [2.24, 2.45) is 0 Å². The molecular weight excluding hydrogens is 516 g/mol. The standard InChI is InChI=1S/C21H31BrN4O4S2/c1-24(2)14-16-6-3-4-12-26(16)20(27)15-25-11-5-7-18(21(25)28)23-32(29,30)13-10-17-8-9-19(22)31-17/h8-10,13,16,18,23H,3-7,11-12,14-15H2,1-2H3/t16?,18-/m0/s1. The molecular formula is C21H31BrN4O4S2. The number of thiophene rings is 1. The SMILES string of the molecule is CN(C)CC1CCCCN1C(=O)CN1CCC[C@H](NS(=O)(=O)C=Cc2ccc(Br)s2)C1=O. The summed E-state index contributed by atoms with van der Waals surface area (Å²) in [4.78, 5) is 32.2. The van der Waals surface area contributed by atoms with Gasteiger partial charge in [0, 0.05) is 36.0 Å². The molecule has 2 fully saturated rings. The first-order chi connectivity index (χ1) is 15.1. The Morgan fingerprint density at radius 1 is 1.25 bits per heavy atom. The molecule has 0 bridgehead atoms. The molecule has 2 saturated heterocycles. The highest BCUT2D eigenvalue weighted by Crippen LogP contribution is 2.23. The molecule has 1 aromatic rings. The number of amides is 2. The van der Waals surface area contributed by atoms with Crippen molar-refractivity contribution in [3.8, 4) is 0 Å². The third-order valence-corrected chi connectivity index (χ3v) is 8.39. The number of nitrogens with one attached hydrogen (secondary N) is 1. The molecule has 32 heavy (non-hydrogen) atoms. The summed E-state index contributed by atoms with van der Waals surface area (Å²) in [5.41, 5.74) is 0. The minimum absolute atomic E-state index is 0.0000506. The van der Waals surface area contributed by atoms with Crippen LogP contribution in [-0.4, -0.2) is 87.3 Å². The van der Waals surface area contributed by atoms with Gasteiger partial charge in [0.25, 0.3) is 0 Å². The quantitative estimate of drug-likeness (QED) is 0.540. The van der Waals surface area contributed by atoms with Crippen molar-refractivity contribution in [1.82, 2.24) is 19.4 Å². The van der Waals surface area contributed by atoms with E-state index >= 15 is 0 Å². The Morgan fingerprint density at radius 3 is 2.72 bits per heavy atom. The molecule has 11 heteroatoms. The molecule has 0 aromatic carbocycles. The Labute approximate surface area is 202 Å². The van der Waals surface area contributed by atoms with E-state index in [1.54, 1.807) is 0 Å². The van der Waals surface area contributed by atoms with Gasteiger partial charge in [-0.25, -0.2) is 8.42 Å². The van der Waals surface area contributed by atoms with Gasteiger partial charge in [-0.1, -0.05) is 0 Å². The van der Waals surface area contributed by atoms with Gasteiger partial charge in [0.05, 0.1) is 10.3 Å². The van der Waals surface area contributed by atoms with Crippen LogP contribution in [0.4, 0.5) is 0 Å². The third kappa shape index (κ3) is 7.11. The van der Waals surface area contributed by atoms with Crippen LogP contribution in [0.3, 0.4) is 0 Å². The first-order valence-electron chi connectivity index (χ1n) is 10.8. The molecule has 1 N–H and O–H groups in total. The van der Waals surface area contributed by atoms with Gasteiger partial charge in [-0.2, -0.15) is 4.72 Å². The van der Waals surface area contributed by atoms with Gasteiger partial charge in [0.15, 0.2) is 0 Å². The van der Waals surface area contributed by atoms with Crippen LogP contribution in [0.2, 0.25) is 0 Å². The maximum atomic E-state index is 13.0. The van der Waals surface area contributed by atoms with Crippen molar-refractivity contribution >= 4 is 55.2 Å². The van der Waals surface area contributed by atoms with Gasteiger partial charge < -0.3 is 14.7 Å². The summed E-state index contributed by atoms with van der Waals surface area (Å²) in [7, 11) is 0.203. The van der Waals surface area contributed by atoms with Crippen LogP contribution >= 0.6 is 27.3 Å². The second kappa shape index (κ2) is 11.2. The van der Waals surface area contributed by atoms with E-state index in [-0.39, 0.29) is 24.4 Å². The topological polar surface area (TPSA) is 90.0 Å². The van der Waals surface area contributed by atoms with E-state index < -0.39 is 16.1 Å². The zero-order chi connectivity index (χ0) is 23.3. The van der Waals surface area contributed by atoms with Crippen molar-refractivity contribution in [3.63, 3.8) is 0 Å². The number of nitrogens with zero attached hydrogens (tertiary/aromatic N) is 3. The number of piperidine rings is 2. The summed E-state index contributed by atoms with van der Waals surface area (Å²) >= 11 is 4.76. The minimum atomic E-state index is -3.79. The second-order valence-electron chi connectivity index (χ2n) is 8.56. The van der Waals surface area contributed by atoms with Crippen LogP contribution in [0.15, 0.2) is 21.3 Å². The Kier molecular flexibility index (Phi) is 8.90. The predicted octanol–water partition coefficient (Wildman–Crippen LogP) is 2.33. The summed E-state index contributed by atoms with van der Waals surface area (Å²) in [5.74, 6) is -0.391. The smallest absolute Gasteiger partial charge is 0.242 e. The molecule has 2 amide bonds. The number of sulfonamides is 1. The maximum absolute atomic E-state index is 13.0. The zero-order valence-electron chi connectivity index (χ0n) is 18.5. The first-order valence-corrected chi connectivity index (χ1v) is 14.0. The molecule has 2 atom stereocenters. The Hall–Kier alpha value is -1.27. The van der Waals surface area contributed by atoms with Crippen LogP contribution < -0.4 is 4.72 Å². The highest BCUT2D eigenvalue weighted by Gasteiger charge is 2.34. The average Bonchev–Trinajstić information content (AvgIpc) is 3.15. The Balaban J connectivity index is 1.60. The van der Waals surface area contributed by atoms with Gasteiger partial charge in [-0.3, -0.25) is 9.59 Å². The summed E-state index contributed by atoms with van der Waals surface area (Å²) in [5, 5.41) is 1.09. The maximum Gasteiger partial charge on any atom is 0.242 e. The number of rotatable bonds is 8. The van der Waals surface area contributed by atoms with Gasteiger partial charge in [0.2, 0.25) is 21.8 Å². The van der Waals surface area contributed by atoms with E-state index in [9.17, 15) is 18.0 Å². The molecule has 1 aromatic heterocycles. The molecule has 0 spiro atoms. The van der Waals surface area contributed by atoms with Crippen molar-refractivity contribution in [1.29, 1.82) is 0 Å². The van der Waals surface area contributed by atoms with E-state index in [0.717, 1.165) is 39.9 Å². The van der Waals surface area contributed by atoms with E-state index in [4.69, 9.17) is 0 Å². The predicted molar refractivity (Wildman–Crippen MR) is 131 cm³/mol. The van der Waals surface area contributed by atoms with Gasteiger partial charge in [-0.05, 0) is 80.3 Å². The third-order valence-electron chi connectivity index (χ3n) is 5.69. The lowest BCUT2D eigenvalue weighted by Crippen LogP contribution is -2.56. The number of carbonyl (C=O) groups is 2. The van der Waals surface area contributed by atoms with Gasteiger partial charge in [-0.15, -0.1) is 11.3 Å². The summed E-state index contributed by atoms with van der Waals surface area (Å²) in [6.07, 6.45) is 5.62. The lowest BCUT2D eigenvalue weighted by atomic mass is 10.0. The summed E-state index contributed by atoms with van der Waals surface area (Å²) in [6, 6.07) is 2.96. The molecule has 3 heterocycles. The highest BCUT2D eigenvalue weighted by molar-refractivity contribution is 9.11. The van der Waals surface area contributed by atoms with Crippen molar-refractivity contribution < 1.29 is 18.0 Å². The molecule has 0 saturated carbocycles. The Morgan fingerprint density at radius 2 is 2.03 bits per heavy atom. The van der Waals surface area contributed by atoms with Crippen LogP contribution in [0.1, 0.15) is 37.0 Å². The summed E-state index contributed by atoms with van der Waals surface area (Å²) < 4.78 is 28.4. The first kappa shape index (κ1) is 25.4. The molecule has 3 rings (SSSR count). The number of halogens is 1. The molecule has 2 aliphatic rings. The molecule has 2 aliphatic heterocycles. The van der Waals surface area contributed by atoms with E-state index in [2.05, 4.69) is 25.6 Å². The van der Waals surface area contributed by atoms with Gasteiger partial charge >= 0.3 is 0 Å². The van der Waals surface area contributed by atoms with Crippen LogP contribution in [-0.2, 0) is 19.6 Å². The second-order valence-corrected chi connectivity index (χ2v) is 12.7. The van der Waals surface area contributed by atoms with Crippen molar-refractivity contribution in [2.75, 3.05) is 40.3 Å². The Bertz CT molecular complexity index is 947. The zero-order valence-corrected chi connectivity index (χ0v) is 21.7. The molecule has 0 aliphatic carbocycles. The number of carbonyl (C=O) groups excluding carboxylic acids is 2. The normalized spacial score (nSPS) is 22.8. The van der Waals surface area contributed by atoms with Crippen molar-refractivity contribution in [2.45, 2.75) is 44.2 Å². The van der Waals surface area contributed by atoms with Crippen LogP contribution in [0, 0.1) is 0 Å². The molecule has 1 unspecified atom stereocenters. The molecule has 178 valence electrons. The van der Waals surface area contributed by atoms with E-state index in [1.807, 2.05) is 31.1 Å². The van der Waals surface area contributed by atoms with Crippen molar-refractivity contribution in [3.05, 3.63) is 26.2 Å². The fourth-order valence-electron chi connectivity index (χ4n) is 4.21. The fourth-order valence-corrected chi connectivity index (χ4v) is 6.65. The number of likely N-dealkylation sites (N-methyl/N-ethyl adjacent to an activating group) is 1. The van der Waals surface area contributed by atoms with Crippen LogP contribution in [0.25, 0.3) is 6.08 Å². The largest absolute Gasteiger partial charge is 0.337 e. The van der Waals surface area contributed by atoms with Crippen LogP contribution in [0.5, 0.6) is 0 Å². The van der Waals surface area contributed by atoms with E-state index in [0.29, 0.717) is 25.9 Å². The fraction of sp³-hybridized carbons (Fsp3) is 0.619. The summed E-state index contributed by atoms with van der Waals surface area (Å²) in [6.45, 7) is 1.97. The number of hydrogen-bond acceptors (Lipinski definition) is 6. The van der Waals surface area contributed by atoms with E-state index in [1.165, 1.54) is 22.3 Å². The minimum Gasteiger partial charge on any atom is -0.337 e. The number of hydrogen-bond donors (Lipinski definition) is 1. The number of likely N-dealkylation sites (tertiary alicyclic amines) is 2.